The van der Waals surface area contributed by atoms with Crippen molar-refractivity contribution >= 4 is 5.97 Å². The van der Waals surface area contributed by atoms with Crippen molar-refractivity contribution in [1.29, 1.82) is 0 Å². The van der Waals surface area contributed by atoms with E-state index in [4.69, 9.17) is 0 Å². The molecule has 0 aliphatic carbocycles. The highest BCUT2D eigenvalue weighted by Gasteiger charge is 2.21. The van der Waals surface area contributed by atoms with Crippen LogP contribution in [0, 0.1) is 6.92 Å². The van der Waals surface area contributed by atoms with Gasteiger partial charge in [-0.1, -0.05) is 53.7 Å². The summed E-state index contributed by atoms with van der Waals surface area (Å²) in [7, 11) is 0. The molecule has 128 valence electrons. The molecule has 3 aromatic rings. The summed E-state index contributed by atoms with van der Waals surface area (Å²) in [4.78, 5) is 11.2. The standard InChI is InChI=1S/C19H19N3O3/c1-13-18(19(24)25)20-21-22(13)17-10-6-5-9-16(17)15(12-23)11-14-7-3-2-4-8-14/h2-10,15,23H,11-12H2,1H3,(H,24,25). The van der Waals surface area contributed by atoms with Gasteiger partial charge in [-0.3, -0.25) is 0 Å². The molecule has 1 unspecified atom stereocenters. The molecule has 3 rings (SSSR count). The minimum Gasteiger partial charge on any atom is -0.476 e. The lowest BCUT2D eigenvalue weighted by molar-refractivity contribution is 0.0689. The molecule has 0 saturated heterocycles. The number of benzene rings is 2. The second-order valence-corrected chi connectivity index (χ2v) is 5.87. The summed E-state index contributed by atoms with van der Waals surface area (Å²) < 4.78 is 1.52. The Labute approximate surface area is 145 Å². The average Bonchev–Trinajstić information content (AvgIpc) is 3.02. The molecule has 0 fully saturated rings. The molecular weight excluding hydrogens is 318 g/mol. The first-order chi connectivity index (χ1) is 12.1. The zero-order chi connectivity index (χ0) is 17.8. The van der Waals surface area contributed by atoms with Crippen molar-refractivity contribution < 1.29 is 15.0 Å². The molecule has 1 atom stereocenters. The van der Waals surface area contributed by atoms with Crippen LogP contribution in [0.5, 0.6) is 0 Å². The van der Waals surface area contributed by atoms with Crippen LogP contribution in [0.15, 0.2) is 54.6 Å². The number of rotatable bonds is 6. The van der Waals surface area contributed by atoms with Crippen LogP contribution in [-0.4, -0.2) is 37.8 Å². The van der Waals surface area contributed by atoms with Gasteiger partial charge in [-0.2, -0.15) is 0 Å². The first kappa shape index (κ1) is 16.9. The van der Waals surface area contributed by atoms with Crippen LogP contribution < -0.4 is 0 Å². The van der Waals surface area contributed by atoms with E-state index in [1.54, 1.807) is 6.92 Å². The summed E-state index contributed by atoms with van der Waals surface area (Å²) in [5.41, 5.74) is 3.14. The quantitative estimate of drug-likeness (QED) is 0.722. The van der Waals surface area contributed by atoms with Gasteiger partial charge in [0.15, 0.2) is 5.69 Å². The van der Waals surface area contributed by atoms with Crippen molar-refractivity contribution in [2.75, 3.05) is 6.61 Å². The monoisotopic (exact) mass is 337 g/mol. The molecule has 0 amide bonds. The molecule has 6 nitrogen and oxygen atoms in total. The number of aliphatic hydroxyl groups excluding tert-OH is 1. The molecule has 0 bridgehead atoms. The Morgan fingerprint density at radius 1 is 1.12 bits per heavy atom. The third kappa shape index (κ3) is 3.44. The summed E-state index contributed by atoms with van der Waals surface area (Å²) in [6.45, 7) is 1.65. The number of nitrogens with zero attached hydrogens (tertiary/aromatic N) is 3. The summed E-state index contributed by atoms with van der Waals surface area (Å²) in [6.07, 6.45) is 0.674. The maximum absolute atomic E-state index is 11.2. The van der Waals surface area contributed by atoms with Gasteiger partial charge >= 0.3 is 5.97 Å². The SMILES string of the molecule is Cc1c(C(=O)O)nnn1-c1ccccc1C(CO)Cc1ccccc1. The van der Waals surface area contributed by atoms with Crippen molar-refractivity contribution in [3.05, 3.63) is 77.1 Å². The average molecular weight is 337 g/mol. The zero-order valence-electron chi connectivity index (χ0n) is 13.8. The van der Waals surface area contributed by atoms with Gasteiger partial charge in [0.2, 0.25) is 0 Å². The highest BCUT2D eigenvalue weighted by molar-refractivity contribution is 5.86. The summed E-state index contributed by atoms with van der Waals surface area (Å²) in [5, 5.41) is 26.9. The topological polar surface area (TPSA) is 88.2 Å². The maximum atomic E-state index is 11.2. The smallest absolute Gasteiger partial charge is 0.358 e. The molecule has 0 aliphatic rings. The van der Waals surface area contributed by atoms with Crippen LogP contribution in [0.2, 0.25) is 0 Å². The molecule has 1 heterocycles. The van der Waals surface area contributed by atoms with E-state index in [0.717, 1.165) is 16.8 Å². The summed E-state index contributed by atoms with van der Waals surface area (Å²) >= 11 is 0. The first-order valence-electron chi connectivity index (χ1n) is 8.01. The van der Waals surface area contributed by atoms with E-state index in [2.05, 4.69) is 10.3 Å². The number of para-hydroxylation sites is 1. The number of hydrogen-bond acceptors (Lipinski definition) is 4. The molecule has 0 spiro atoms. The van der Waals surface area contributed by atoms with Crippen molar-refractivity contribution in [1.82, 2.24) is 15.0 Å². The van der Waals surface area contributed by atoms with Gasteiger partial charge in [0.1, 0.15) is 0 Å². The van der Waals surface area contributed by atoms with E-state index in [9.17, 15) is 15.0 Å². The molecule has 6 heteroatoms. The second-order valence-electron chi connectivity index (χ2n) is 5.87. The van der Waals surface area contributed by atoms with Gasteiger partial charge in [0, 0.05) is 5.92 Å². The molecule has 0 saturated carbocycles. The minimum atomic E-state index is -1.11. The van der Waals surface area contributed by atoms with E-state index in [1.165, 1.54) is 4.68 Å². The Morgan fingerprint density at radius 2 is 1.80 bits per heavy atom. The van der Waals surface area contributed by atoms with Crippen LogP contribution in [0.3, 0.4) is 0 Å². The highest BCUT2D eigenvalue weighted by Crippen LogP contribution is 2.27. The minimum absolute atomic E-state index is 0.0224. The maximum Gasteiger partial charge on any atom is 0.358 e. The third-order valence-electron chi connectivity index (χ3n) is 4.25. The molecular formula is C19H19N3O3. The second kappa shape index (κ2) is 7.27. The van der Waals surface area contributed by atoms with Gasteiger partial charge in [0.25, 0.3) is 0 Å². The lowest BCUT2D eigenvalue weighted by Crippen LogP contribution is -2.13. The van der Waals surface area contributed by atoms with Gasteiger partial charge in [-0.15, -0.1) is 5.10 Å². The van der Waals surface area contributed by atoms with Crippen molar-refractivity contribution in [3.8, 4) is 5.69 Å². The zero-order valence-corrected chi connectivity index (χ0v) is 13.8. The van der Waals surface area contributed by atoms with Crippen molar-refractivity contribution in [3.63, 3.8) is 0 Å². The predicted molar refractivity (Wildman–Crippen MR) is 93.0 cm³/mol. The Kier molecular flexibility index (Phi) is 4.90. The van der Waals surface area contributed by atoms with Crippen molar-refractivity contribution in [2.24, 2.45) is 0 Å². The first-order valence-corrected chi connectivity index (χ1v) is 8.01. The molecule has 2 aromatic carbocycles. The lowest BCUT2D eigenvalue weighted by atomic mass is 9.91. The van der Waals surface area contributed by atoms with Crippen molar-refractivity contribution in [2.45, 2.75) is 19.3 Å². The number of aromatic carboxylic acids is 1. The largest absolute Gasteiger partial charge is 0.476 e. The molecule has 1 aromatic heterocycles. The molecule has 0 radical (unpaired) electrons. The number of hydrogen-bond donors (Lipinski definition) is 2. The number of carboxylic acids is 1. The Hall–Kier alpha value is -2.99. The summed E-state index contributed by atoms with van der Waals surface area (Å²) in [6, 6.07) is 17.5. The highest BCUT2D eigenvalue weighted by atomic mass is 16.4. The fourth-order valence-corrected chi connectivity index (χ4v) is 2.95. The fourth-order valence-electron chi connectivity index (χ4n) is 2.95. The normalized spacial score (nSPS) is 12.1. The Morgan fingerprint density at radius 3 is 2.44 bits per heavy atom. The van der Waals surface area contributed by atoms with E-state index in [0.29, 0.717) is 12.1 Å². The summed E-state index contributed by atoms with van der Waals surface area (Å²) in [5.74, 6) is -1.24. The van der Waals surface area contributed by atoms with Crippen LogP contribution >= 0.6 is 0 Å². The lowest BCUT2D eigenvalue weighted by Gasteiger charge is -2.19. The van der Waals surface area contributed by atoms with Gasteiger partial charge < -0.3 is 10.2 Å². The van der Waals surface area contributed by atoms with Gasteiger partial charge in [-0.25, -0.2) is 9.48 Å². The molecule has 0 aliphatic heterocycles. The predicted octanol–water partition coefficient (Wildman–Crippen LogP) is 2.59. The van der Waals surface area contributed by atoms with E-state index in [1.807, 2.05) is 54.6 Å². The third-order valence-corrected chi connectivity index (χ3v) is 4.25. The number of carbonyl (C=O) groups is 1. The van der Waals surface area contributed by atoms with Gasteiger partial charge in [0.05, 0.1) is 18.0 Å². The van der Waals surface area contributed by atoms with E-state index < -0.39 is 5.97 Å². The fraction of sp³-hybridized carbons (Fsp3) is 0.211. The van der Waals surface area contributed by atoms with Crippen LogP contribution in [0.25, 0.3) is 5.69 Å². The van der Waals surface area contributed by atoms with Crippen LogP contribution in [-0.2, 0) is 6.42 Å². The number of carboxylic acid groups (broad SMARTS) is 1. The number of aromatic nitrogens is 3. The van der Waals surface area contributed by atoms with Gasteiger partial charge in [-0.05, 0) is 30.5 Å². The van der Waals surface area contributed by atoms with Crippen LogP contribution in [0.4, 0.5) is 0 Å². The van der Waals surface area contributed by atoms with E-state index in [-0.39, 0.29) is 18.2 Å². The van der Waals surface area contributed by atoms with E-state index >= 15 is 0 Å². The molecule has 25 heavy (non-hydrogen) atoms. The van der Waals surface area contributed by atoms with Crippen LogP contribution in [0.1, 0.15) is 33.2 Å². The number of aliphatic hydroxyl groups is 1. The molecule has 2 N–H and O–H groups in total. The Bertz CT molecular complexity index is 875. The Balaban J connectivity index is 2.02.